The molecule has 0 aliphatic heterocycles. The molecule has 1 fully saturated rings. The molecule has 19 heavy (non-hydrogen) atoms. The van der Waals surface area contributed by atoms with E-state index in [0.717, 1.165) is 18.5 Å². The molecule has 1 aromatic heterocycles. The minimum atomic E-state index is -0.467. The molecule has 2 rings (SSSR count). The number of carbonyl (C=O) groups is 1. The molecule has 1 amide bonds. The lowest BCUT2D eigenvalue weighted by Crippen LogP contribution is -2.40. The SMILES string of the molecule is CCC(C(=O)NC1CCCC1)n1c(C)c(C)oc1=O. The van der Waals surface area contributed by atoms with Gasteiger partial charge < -0.3 is 9.73 Å². The number of rotatable bonds is 4. The molecule has 1 N–H and O–H groups in total. The summed E-state index contributed by atoms with van der Waals surface area (Å²) in [7, 11) is 0. The van der Waals surface area contributed by atoms with Crippen molar-refractivity contribution in [3.05, 3.63) is 22.0 Å². The summed E-state index contributed by atoms with van der Waals surface area (Å²) in [4.78, 5) is 24.2. The summed E-state index contributed by atoms with van der Waals surface area (Å²) in [6, 6.07) is -0.198. The van der Waals surface area contributed by atoms with E-state index in [1.807, 2.05) is 13.8 Å². The largest absolute Gasteiger partial charge is 0.420 e. The third-order valence-corrected chi connectivity index (χ3v) is 4.01. The van der Waals surface area contributed by atoms with E-state index in [0.29, 0.717) is 12.2 Å². The molecule has 1 aromatic rings. The molecule has 0 bridgehead atoms. The van der Waals surface area contributed by atoms with Crippen LogP contribution in [0.5, 0.6) is 0 Å². The quantitative estimate of drug-likeness (QED) is 0.907. The third-order valence-electron chi connectivity index (χ3n) is 4.01. The molecule has 0 saturated heterocycles. The highest BCUT2D eigenvalue weighted by Gasteiger charge is 2.27. The Morgan fingerprint density at radius 3 is 2.53 bits per heavy atom. The van der Waals surface area contributed by atoms with Gasteiger partial charge in [-0.25, -0.2) is 4.79 Å². The fourth-order valence-electron chi connectivity index (χ4n) is 2.77. The topological polar surface area (TPSA) is 64.2 Å². The Balaban J connectivity index is 2.19. The second kappa shape index (κ2) is 5.63. The van der Waals surface area contributed by atoms with Crippen molar-refractivity contribution in [1.29, 1.82) is 0 Å². The zero-order valence-electron chi connectivity index (χ0n) is 11.9. The van der Waals surface area contributed by atoms with Gasteiger partial charge in [0.2, 0.25) is 5.91 Å². The Morgan fingerprint density at radius 1 is 1.42 bits per heavy atom. The molecule has 106 valence electrons. The van der Waals surface area contributed by atoms with Gasteiger partial charge in [-0.15, -0.1) is 0 Å². The molecule has 0 radical (unpaired) electrons. The predicted octanol–water partition coefficient (Wildman–Crippen LogP) is 2.07. The molecule has 5 heteroatoms. The average molecular weight is 266 g/mol. The Hall–Kier alpha value is -1.52. The van der Waals surface area contributed by atoms with E-state index in [9.17, 15) is 9.59 Å². The molecule has 1 heterocycles. The summed E-state index contributed by atoms with van der Waals surface area (Å²) in [5.41, 5.74) is 0.735. The van der Waals surface area contributed by atoms with Crippen LogP contribution in [0.3, 0.4) is 0 Å². The standard InChI is InChI=1S/C14H22N2O3/c1-4-12(13(17)15-11-7-5-6-8-11)16-9(2)10(3)19-14(16)18/h11-12H,4-8H2,1-3H3,(H,15,17). The van der Waals surface area contributed by atoms with E-state index in [2.05, 4.69) is 5.32 Å². The van der Waals surface area contributed by atoms with Crippen molar-refractivity contribution >= 4 is 5.91 Å². The zero-order chi connectivity index (χ0) is 14.0. The summed E-state index contributed by atoms with van der Waals surface area (Å²) >= 11 is 0. The zero-order valence-corrected chi connectivity index (χ0v) is 11.9. The first-order valence-corrected chi connectivity index (χ1v) is 7.03. The first-order chi connectivity index (χ1) is 9.04. The maximum atomic E-state index is 12.3. The van der Waals surface area contributed by atoms with Gasteiger partial charge in [-0.1, -0.05) is 19.8 Å². The highest BCUT2D eigenvalue weighted by molar-refractivity contribution is 5.80. The van der Waals surface area contributed by atoms with Crippen LogP contribution in [0.15, 0.2) is 9.21 Å². The minimum Gasteiger partial charge on any atom is -0.413 e. The molecular formula is C14H22N2O3. The predicted molar refractivity (Wildman–Crippen MR) is 72.2 cm³/mol. The third kappa shape index (κ3) is 2.74. The van der Waals surface area contributed by atoms with Gasteiger partial charge in [-0.2, -0.15) is 0 Å². The molecule has 5 nitrogen and oxygen atoms in total. The van der Waals surface area contributed by atoms with Crippen molar-refractivity contribution in [2.24, 2.45) is 0 Å². The molecule has 1 unspecified atom stereocenters. The Kier molecular flexibility index (Phi) is 4.12. The first-order valence-electron chi connectivity index (χ1n) is 7.03. The van der Waals surface area contributed by atoms with Crippen molar-refractivity contribution in [2.45, 2.75) is 65.0 Å². The van der Waals surface area contributed by atoms with E-state index in [1.54, 1.807) is 6.92 Å². The maximum Gasteiger partial charge on any atom is 0.420 e. The number of aryl methyl sites for hydroxylation is 1. The lowest BCUT2D eigenvalue weighted by atomic mass is 10.1. The lowest BCUT2D eigenvalue weighted by Gasteiger charge is -2.19. The van der Waals surface area contributed by atoms with Gasteiger partial charge in [-0.05, 0) is 33.1 Å². The molecule has 1 saturated carbocycles. The highest BCUT2D eigenvalue weighted by atomic mass is 16.4. The monoisotopic (exact) mass is 266 g/mol. The van der Waals surface area contributed by atoms with Crippen LogP contribution < -0.4 is 11.1 Å². The number of hydrogen-bond acceptors (Lipinski definition) is 3. The maximum absolute atomic E-state index is 12.3. The van der Waals surface area contributed by atoms with Gasteiger partial charge in [0.25, 0.3) is 0 Å². The Labute approximate surface area is 113 Å². The van der Waals surface area contributed by atoms with Crippen molar-refractivity contribution in [2.75, 3.05) is 0 Å². The fraction of sp³-hybridized carbons (Fsp3) is 0.714. The molecule has 0 spiro atoms. The summed E-state index contributed by atoms with van der Waals surface area (Å²) in [6.07, 6.45) is 5.01. The minimum absolute atomic E-state index is 0.0691. The fourth-order valence-corrected chi connectivity index (χ4v) is 2.77. The highest BCUT2D eigenvalue weighted by Crippen LogP contribution is 2.20. The van der Waals surface area contributed by atoms with Crippen LogP contribution >= 0.6 is 0 Å². The first kappa shape index (κ1) is 13.9. The van der Waals surface area contributed by atoms with E-state index >= 15 is 0 Å². The smallest absolute Gasteiger partial charge is 0.413 e. The van der Waals surface area contributed by atoms with Crippen molar-refractivity contribution in [3.8, 4) is 0 Å². The van der Waals surface area contributed by atoms with Gasteiger partial charge in [0.15, 0.2) is 0 Å². The van der Waals surface area contributed by atoms with E-state index in [4.69, 9.17) is 4.42 Å². The Morgan fingerprint density at radius 2 is 2.05 bits per heavy atom. The van der Waals surface area contributed by atoms with Crippen LogP contribution in [0.4, 0.5) is 0 Å². The van der Waals surface area contributed by atoms with Crippen LogP contribution in [0.2, 0.25) is 0 Å². The van der Waals surface area contributed by atoms with Crippen LogP contribution in [0.25, 0.3) is 0 Å². The van der Waals surface area contributed by atoms with Gasteiger partial charge in [-0.3, -0.25) is 9.36 Å². The van der Waals surface area contributed by atoms with Crippen LogP contribution in [-0.2, 0) is 4.79 Å². The average Bonchev–Trinajstić information content (AvgIpc) is 2.94. The number of nitrogens with zero attached hydrogens (tertiary/aromatic N) is 1. The van der Waals surface area contributed by atoms with Gasteiger partial charge >= 0.3 is 5.76 Å². The summed E-state index contributed by atoms with van der Waals surface area (Å²) in [5.74, 6) is 0.0703. The molecule has 1 atom stereocenters. The Bertz CT molecular complexity index is 509. The number of amides is 1. The van der Waals surface area contributed by atoms with E-state index < -0.39 is 11.8 Å². The number of carbonyl (C=O) groups excluding carboxylic acids is 1. The van der Waals surface area contributed by atoms with Gasteiger partial charge in [0.05, 0.1) is 5.69 Å². The molecule has 1 aliphatic carbocycles. The molecule has 0 aromatic carbocycles. The molecular weight excluding hydrogens is 244 g/mol. The molecule has 1 aliphatic rings. The van der Waals surface area contributed by atoms with E-state index in [1.165, 1.54) is 17.4 Å². The summed E-state index contributed by atoms with van der Waals surface area (Å²) in [6.45, 7) is 5.47. The lowest BCUT2D eigenvalue weighted by molar-refractivity contribution is -0.125. The van der Waals surface area contributed by atoms with Crippen molar-refractivity contribution in [1.82, 2.24) is 9.88 Å². The number of oxazole rings is 1. The summed E-state index contributed by atoms with van der Waals surface area (Å²) in [5, 5.41) is 3.05. The number of hydrogen-bond donors (Lipinski definition) is 1. The van der Waals surface area contributed by atoms with Gasteiger partial charge in [0, 0.05) is 6.04 Å². The van der Waals surface area contributed by atoms with Crippen LogP contribution in [0, 0.1) is 13.8 Å². The van der Waals surface area contributed by atoms with Crippen molar-refractivity contribution < 1.29 is 9.21 Å². The van der Waals surface area contributed by atoms with Crippen LogP contribution in [-0.4, -0.2) is 16.5 Å². The van der Waals surface area contributed by atoms with E-state index in [-0.39, 0.29) is 11.9 Å². The number of nitrogens with one attached hydrogen (secondary N) is 1. The normalized spacial score (nSPS) is 17.6. The van der Waals surface area contributed by atoms with Gasteiger partial charge in [0.1, 0.15) is 11.8 Å². The van der Waals surface area contributed by atoms with Crippen LogP contribution in [0.1, 0.15) is 56.5 Å². The second-order valence-electron chi connectivity index (χ2n) is 5.29. The number of aromatic nitrogens is 1. The van der Waals surface area contributed by atoms with Crippen molar-refractivity contribution in [3.63, 3.8) is 0 Å². The summed E-state index contributed by atoms with van der Waals surface area (Å²) < 4.78 is 6.55. The second-order valence-corrected chi connectivity index (χ2v) is 5.29.